The first-order chi connectivity index (χ1) is 9.15. The van der Waals surface area contributed by atoms with Crippen LogP contribution < -0.4 is 16.0 Å². The van der Waals surface area contributed by atoms with E-state index in [0.717, 1.165) is 10.8 Å². The highest BCUT2D eigenvalue weighted by Crippen LogP contribution is 2.25. The summed E-state index contributed by atoms with van der Waals surface area (Å²) in [7, 11) is 0. The number of anilines is 2. The number of benzene rings is 1. The molecule has 0 bridgehead atoms. The number of fused-ring (bicyclic) bond motifs is 1. The summed E-state index contributed by atoms with van der Waals surface area (Å²) in [4.78, 5) is 24.4. The molecule has 0 spiro atoms. The van der Waals surface area contributed by atoms with E-state index >= 15 is 0 Å². The van der Waals surface area contributed by atoms with E-state index in [1.807, 2.05) is 6.07 Å². The summed E-state index contributed by atoms with van der Waals surface area (Å²) in [5, 5.41) is 11.4. The van der Waals surface area contributed by atoms with Crippen LogP contribution in [0.25, 0.3) is 10.8 Å². The van der Waals surface area contributed by atoms with Crippen LogP contribution in [0.3, 0.4) is 0 Å². The zero-order valence-corrected chi connectivity index (χ0v) is 9.96. The van der Waals surface area contributed by atoms with Gasteiger partial charge in [-0.1, -0.05) is 6.07 Å². The van der Waals surface area contributed by atoms with Gasteiger partial charge in [-0.15, -0.1) is 5.10 Å². The molecule has 1 aliphatic rings. The predicted molar refractivity (Wildman–Crippen MR) is 69.5 cm³/mol. The number of hydrogen-bond acceptors (Lipinski definition) is 5. The average Bonchev–Trinajstić information content (AvgIpc) is 2.39. The molecular formula is C12H11N5O2. The predicted octanol–water partition coefficient (Wildman–Crippen LogP) is 0.658. The van der Waals surface area contributed by atoms with E-state index in [9.17, 15) is 9.59 Å². The normalized spacial score (nSPS) is 15.7. The fourth-order valence-electron chi connectivity index (χ4n) is 2.06. The average molecular weight is 257 g/mol. The van der Waals surface area contributed by atoms with Gasteiger partial charge in [-0.3, -0.25) is 15.0 Å². The zero-order valence-electron chi connectivity index (χ0n) is 9.96. The molecule has 1 aliphatic heterocycles. The summed E-state index contributed by atoms with van der Waals surface area (Å²) in [6, 6.07) is 4.96. The SMILES string of the molecule is Nc1nncc2ccc(N3CCC(=O)NC3=O)cc12. The lowest BCUT2D eigenvalue weighted by atomic mass is 10.1. The van der Waals surface area contributed by atoms with Crippen LogP contribution in [0.4, 0.5) is 16.3 Å². The van der Waals surface area contributed by atoms with Crippen LogP contribution in [0, 0.1) is 0 Å². The summed E-state index contributed by atoms with van der Waals surface area (Å²) >= 11 is 0. The number of urea groups is 1. The molecule has 7 nitrogen and oxygen atoms in total. The molecular weight excluding hydrogens is 246 g/mol. The maximum atomic E-state index is 11.8. The fraction of sp³-hybridized carbons (Fsp3) is 0.167. The molecule has 0 atom stereocenters. The molecule has 1 aromatic heterocycles. The summed E-state index contributed by atoms with van der Waals surface area (Å²) in [5.41, 5.74) is 6.44. The number of rotatable bonds is 1. The molecule has 1 aromatic carbocycles. The van der Waals surface area contributed by atoms with E-state index < -0.39 is 6.03 Å². The standard InChI is InChI=1S/C12H11N5O2/c13-11-9-5-8(2-1-7(9)6-14-16-11)17-4-3-10(18)15-12(17)19/h1-2,5-6H,3-4H2,(H2,13,16)(H,15,18,19). The van der Waals surface area contributed by atoms with Crippen molar-refractivity contribution >= 4 is 34.2 Å². The smallest absolute Gasteiger partial charge is 0.328 e. The van der Waals surface area contributed by atoms with Crippen molar-refractivity contribution in [2.24, 2.45) is 0 Å². The number of nitrogens with two attached hydrogens (primary N) is 1. The molecule has 2 heterocycles. The van der Waals surface area contributed by atoms with E-state index in [2.05, 4.69) is 15.5 Å². The van der Waals surface area contributed by atoms with Gasteiger partial charge in [0.25, 0.3) is 0 Å². The minimum Gasteiger partial charge on any atom is -0.382 e. The molecule has 96 valence electrons. The van der Waals surface area contributed by atoms with Gasteiger partial charge < -0.3 is 5.73 Å². The van der Waals surface area contributed by atoms with Crippen molar-refractivity contribution in [3.8, 4) is 0 Å². The number of nitrogens with one attached hydrogen (secondary N) is 1. The third-order valence-corrected chi connectivity index (χ3v) is 3.04. The first kappa shape index (κ1) is 11.4. The Kier molecular flexibility index (Phi) is 2.52. The lowest BCUT2D eigenvalue weighted by Crippen LogP contribution is -2.49. The first-order valence-electron chi connectivity index (χ1n) is 5.77. The second-order valence-electron chi connectivity index (χ2n) is 4.26. The molecule has 0 unspecified atom stereocenters. The van der Waals surface area contributed by atoms with Crippen LogP contribution in [0.5, 0.6) is 0 Å². The second-order valence-corrected chi connectivity index (χ2v) is 4.26. The Morgan fingerprint density at radius 1 is 1.32 bits per heavy atom. The number of carbonyl (C=O) groups is 2. The molecule has 3 rings (SSSR count). The van der Waals surface area contributed by atoms with Crippen LogP contribution in [-0.2, 0) is 4.79 Å². The minimum atomic E-state index is -0.420. The number of imide groups is 1. The Bertz CT molecular complexity index is 685. The highest BCUT2D eigenvalue weighted by Gasteiger charge is 2.24. The van der Waals surface area contributed by atoms with E-state index in [4.69, 9.17) is 5.73 Å². The number of hydrogen-bond donors (Lipinski definition) is 2. The highest BCUT2D eigenvalue weighted by molar-refractivity contribution is 6.06. The van der Waals surface area contributed by atoms with E-state index in [0.29, 0.717) is 18.1 Å². The summed E-state index contributed by atoms with van der Waals surface area (Å²) < 4.78 is 0. The third kappa shape index (κ3) is 1.95. The number of carbonyl (C=O) groups excluding carboxylic acids is 2. The van der Waals surface area contributed by atoms with Gasteiger partial charge in [-0.05, 0) is 12.1 Å². The van der Waals surface area contributed by atoms with Crippen LogP contribution >= 0.6 is 0 Å². The summed E-state index contributed by atoms with van der Waals surface area (Å²) in [5.74, 6) is 0.0558. The number of nitrogens with zero attached hydrogens (tertiary/aromatic N) is 3. The van der Waals surface area contributed by atoms with Crippen molar-refractivity contribution in [1.82, 2.24) is 15.5 Å². The number of aromatic nitrogens is 2. The molecule has 2 aromatic rings. The number of nitrogen functional groups attached to an aromatic ring is 1. The quantitative estimate of drug-likeness (QED) is 0.781. The molecule has 0 saturated carbocycles. The minimum absolute atomic E-state index is 0.257. The van der Waals surface area contributed by atoms with Gasteiger partial charge in [0, 0.05) is 29.4 Å². The lowest BCUT2D eigenvalue weighted by Gasteiger charge is -2.26. The molecule has 0 aliphatic carbocycles. The molecule has 0 radical (unpaired) electrons. The van der Waals surface area contributed by atoms with Crippen molar-refractivity contribution < 1.29 is 9.59 Å². The second kappa shape index (κ2) is 4.20. The van der Waals surface area contributed by atoms with Gasteiger partial charge in [-0.2, -0.15) is 5.10 Å². The Hall–Kier alpha value is -2.70. The molecule has 1 fully saturated rings. The Balaban J connectivity index is 2.04. The topological polar surface area (TPSA) is 101 Å². The molecule has 19 heavy (non-hydrogen) atoms. The van der Waals surface area contributed by atoms with Crippen molar-refractivity contribution in [2.75, 3.05) is 17.2 Å². The molecule has 7 heteroatoms. The van der Waals surface area contributed by atoms with Gasteiger partial charge in [0.15, 0.2) is 5.82 Å². The van der Waals surface area contributed by atoms with Crippen molar-refractivity contribution in [3.05, 3.63) is 24.4 Å². The van der Waals surface area contributed by atoms with E-state index in [-0.39, 0.29) is 12.3 Å². The first-order valence-corrected chi connectivity index (χ1v) is 5.77. The van der Waals surface area contributed by atoms with E-state index in [1.54, 1.807) is 18.3 Å². The lowest BCUT2D eigenvalue weighted by molar-refractivity contribution is -0.120. The maximum Gasteiger partial charge on any atom is 0.328 e. The van der Waals surface area contributed by atoms with E-state index in [1.165, 1.54) is 4.90 Å². The monoisotopic (exact) mass is 257 g/mol. The van der Waals surface area contributed by atoms with Crippen LogP contribution in [0.15, 0.2) is 24.4 Å². The van der Waals surface area contributed by atoms with Crippen molar-refractivity contribution in [1.29, 1.82) is 0 Å². The largest absolute Gasteiger partial charge is 0.382 e. The van der Waals surface area contributed by atoms with Crippen LogP contribution in [-0.4, -0.2) is 28.7 Å². The van der Waals surface area contributed by atoms with Gasteiger partial charge in [0.1, 0.15) is 0 Å². The Labute approximate surface area is 108 Å². The highest BCUT2D eigenvalue weighted by atomic mass is 16.2. The van der Waals surface area contributed by atoms with Crippen LogP contribution in [0.2, 0.25) is 0 Å². The van der Waals surface area contributed by atoms with Gasteiger partial charge in [-0.25, -0.2) is 4.79 Å². The van der Waals surface area contributed by atoms with Crippen LogP contribution in [0.1, 0.15) is 6.42 Å². The number of amides is 3. The van der Waals surface area contributed by atoms with Crippen molar-refractivity contribution in [2.45, 2.75) is 6.42 Å². The third-order valence-electron chi connectivity index (χ3n) is 3.04. The summed E-state index contributed by atoms with van der Waals surface area (Å²) in [6.45, 7) is 0.356. The fourth-order valence-corrected chi connectivity index (χ4v) is 2.06. The Morgan fingerprint density at radius 2 is 2.16 bits per heavy atom. The molecule has 3 amide bonds. The van der Waals surface area contributed by atoms with Gasteiger partial charge in [0.05, 0.1) is 6.20 Å². The molecule has 1 saturated heterocycles. The maximum absolute atomic E-state index is 11.8. The zero-order chi connectivity index (χ0) is 13.4. The van der Waals surface area contributed by atoms with Gasteiger partial charge >= 0.3 is 6.03 Å². The van der Waals surface area contributed by atoms with Gasteiger partial charge in [0.2, 0.25) is 5.91 Å². The van der Waals surface area contributed by atoms with Crippen molar-refractivity contribution in [3.63, 3.8) is 0 Å². The summed E-state index contributed by atoms with van der Waals surface area (Å²) in [6.07, 6.45) is 1.89. The Morgan fingerprint density at radius 3 is 2.95 bits per heavy atom. The molecule has 3 N–H and O–H groups in total.